The van der Waals surface area contributed by atoms with Crippen LogP contribution in [0.1, 0.15) is 5.56 Å². The minimum atomic E-state index is 0.0332. The summed E-state index contributed by atoms with van der Waals surface area (Å²) in [5.41, 5.74) is 7.15. The van der Waals surface area contributed by atoms with Crippen LogP contribution in [0.4, 0.5) is 11.5 Å². The normalized spacial score (nSPS) is 10.3. The van der Waals surface area contributed by atoms with Crippen LogP contribution in [-0.4, -0.2) is 41.5 Å². The van der Waals surface area contributed by atoms with E-state index in [1.807, 2.05) is 17.9 Å². The zero-order chi connectivity index (χ0) is 11.3. The van der Waals surface area contributed by atoms with Crippen molar-refractivity contribution in [3.05, 3.63) is 17.8 Å². The van der Waals surface area contributed by atoms with E-state index in [-0.39, 0.29) is 13.2 Å². The number of aliphatic hydroxyl groups is 2. The van der Waals surface area contributed by atoms with Crippen LogP contribution >= 0.6 is 0 Å². The van der Waals surface area contributed by atoms with Gasteiger partial charge in [-0.1, -0.05) is 0 Å². The minimum Gasteiger partial charge on any atom is -0.397 e. The number of rotatable bonds is 5. The van der Waals surface area contributed by atoms with Gasteiger partial charge >= 0.3 is 0 Å². The molecule has 1 aromatic rings. The maximum atomic E-state index is 8.89. The van der Waals surface area contributed by atoms with Crippen molar-refractivity contribution < 1.29 is 10.2 Å². The molecule has 5 nitrogen and oxygen atoms in total. The second kappa shape index (κ2) is 5.53. The van der Waals surface area contributed by atoms with Gasteiger partial charge in [0.05, 0.1) is 25.1 Å². The summed E-state index contributed by atoms with van der Waals surface area (Å²) in [6.45, 7) is 2.88. The number of nitrogens with two attached hydrogens (primary N) is 1. The van der Waals surface area contributed by atoms with Crippen molar-refractivity contribution in [1.82, 2.24) is 4.98 Å². The zero-order valence-corrected chi connectivity index (χ0v) is 8.85. The van der Waals surface area contributed by atoms with Crippen LogP contribution < -0.4 is 10.6 Å². The average Bonchev–Trinajstić information content (AvgIpc) is 2.17. The summed E-state index contributed by atoms with van der Waals surface area (Å²) in [5.74, 6) is 0.757. The molecule has 0 aromatic carbocycles. The van der Waals surface area contributed by atoms with E-state index in [9.17, 15) is 0 Å². The molecule has 0 radical (unpaired) electrons. The minimum absolute atomic E-state index is 0.0332. The molecule has 1 rings (SSSR count). The van der Waals surface area contributed by atoms with Gasteiger partial charge in [0.2, 0.25) is 0 Å². The molecule has 0 unspecified atom stereocenters. The van der Waals surface area contributed by atoms with E-state index in [0.29, 0.717) is 18.8 Å². The first-order chi connectivity index (χ1) is 7.19. The third-order valence-corrected chi connectivity index (χ3v) is 2.11. The topological polar surface area (TPSA) is 82.6 Å². The van der Waals surface area contributed by atoms with Crippen LogP contribution in [0, 0.1) is 6.92 Å². The maximum absolute atomic E-state index is 8.89. The molecule has 0 fully saturated rings. The van der Waals surface area contributed by atoms with E-state index in [4.69, 9.17) is 15.9 Å². The molecule has 0 amide bonds. The molecule has 0 aliphatic heterocycles. The number of nitrogens with zero attached hydrogens (tertiary/aromatic N) is 2. The fraction of sp³-hybridized carbons (Fsp3) is 0.500. The monoisotopic (exact) mass is 211 g/mol. The first-order valence-corrected chi connectivity index (χ1v) is 4.88. The molecule has 1 heterocycles. The van der Waals surface area contributed by atoms with Gasteiger partial charge in [0.1, 0.15) is 5.82 Å². The van der Waals surface area contributed by atoms with Crippen molar-refractivity contribution in [3.63, 3.8) is 0 Å². The predicted molar refractivity (Wildman–Crippen MR) is 59.8 cm³/mol. The Morgan fingerprint density at radius 2 is 1.93 bits per heavy atom. The number of nitrogen functional groups attached to an aromatic ring is 1. The molecule has 0 aliphatic rings. The highest BCUT2D eigenvalue weighted by Gasteiger charge is 2.09. The van der Waals surface area contributed by atoms with Crippen LogP contribution in [0.15, 0.2) is 12.3 Å². The second-order valence-electron chi connectivity index (χ2n) is 3.34. The van der Waals surface area contributed by atoms with Crippen molar-refractivity contribution in [2.75, 3.05) is 36.9 Å². The van der Waals surface area contributed by atoms with E-state index in [1.54, 1.807) is 6.20 Å². The first kappa shape index (κ1) is 11.7. The molecule has 84 valence electrons. The van der Waals surface area contributed by atoms with Crippen LogP contribution in [0.25, 0.3) is 0 Å². The lowest BCUT2D eigenvalue weighted by Crippen LogP contribution is -2.31. The highest BCUT2D eigenvalue weighted by atomic mass is 16.3. The Labute approximate surface area is 89.2 Å². The van der Waals surface area contributed by atoms with E-state index in [0.717, 1.165) is 11.4 Å². The van der Waals surface area contributed by atoms with Gasteiger partial charge in [0, 0.05) is 13.1 Å². The summed E-state index contributed by atoms with van der Waals surface area (Å²) >= 11 is 0. The van der Waals surface area contributed by atoms with Crippen molar-refractivity contribution in [2.24, 2.45) is 0 Å². The molecule has 0 bridgehead atoms. The SMILES string of the molecule is Cc1cc(N)cnc1N(CCO)CCO. The third-order valence-electron chi connectivity index (χ3n) is 2.11. The number of aryl methyl sites for hydroxylation is 1. The van der Waals surface area contributed by atoms with Crippen molar-refractivity contribution >= 4 is 11.5 Å². The van der Waals surface area contributed by atoms with Gasteiger partial charge in [-0.3, -0.25) is 0 Å². The fourth-order valence-corrected chi connectivity index (χ4v) is 1.49. The predicted octanol–water partition coefficient (Wildman–Crippen LogP) is -0.237. The van der Waals surface area contributed by atoms with Crippen molar-refractivity contribution in [3.8, 4) is 0 Å². The van der Waals surface area contributed by atoms with Crippen LogP contribution in [-0.2, 0) is 0 Å². The summed E-state index contributed by atoms with van der Waals surface area (Å²) in [4.78, 5) is 6.02. The Morgan fingerprint density at radius 3 is 2.40 bits per heavy atom. The van der Waals surface area contributed by atoms with E-state index in [2.05, 4.69) is 4.98 Å². The molecule has 1 aromatic heterocycles. The largest absolute Gasteiger partial charge is 0.397 e. The highest BCUT2D eigenvalue weighted by molar-refractivity contribution is 5.52. The van der Waals surface area contributed by atoms with Crippen LogP contribution in [0.3, 0.4) is 0 Å². The van der Waals surface area contributed by atoms with Crippen molar-refractivity contribution in [2.45, 2.75) is 6.92 Å². The standard InChI is InChI=1S/C10H17N3O2/c1-8-6-9(11)7-12-10(8)13(2-4-14)3-5-15/h6-7,14-15H,2-5,11H2,1H3. The Hall–Kier alpha value is -1.33. The smallest absolute Gasteiger partial charge is 0.131 e. The molecule has 15 heavy (non-hydrogen) atoms. The number of hydrogen-bond acceptors (Lipinski definition) is 5. The third kappa shape index (κ3) is 3.07. The van der Waals surface area contributed by atoms with Crippen molar-refractivity contribution in [1.29, 1.82) is 0 Å². The fourth-order valence-electron chi connectivity index (χ4n) is 1.49. The second-order valence-corrected chi connectivity index (χ2v) is 3.34. The average molecular weight is 211 g/mol. The maximum Gasteiger partial charge on any atom is 0.131 e. The summed E-state index contributed by atoms with van der Waals surface area (Å²) in [7, 11) is 0. The molecule has 4 N–H and O–H groups in total. The van der Waals surface area contributed by atoms with Crippen LogP contribution in [0.2, 0.25) is 0 Å². The molecule has 0 saturated carbocycles. The number of anilines is 2. The lowest BCUT2D eigenvalue weighted by Gasteiger charge is -2.23. The van der Waals surface area contributed by atoms with E-state index in [1.165, 1.54) is 0 Å². The van der Waals surface area contributed by atoms with Crippen LogP contribution in [0.5, 0.6) is 0 Å². The van der Waals surface area contributed by atoms with E-state index < -0.39 is 0 Å². The zero-order valence-electron chi connectivity index (χ0n) is 8.85. The molecule has 0 atom stereocenters. The Bertz CT molecular complexity index is 312. The van der Waals surface area contributed by atoms with Gasteiger partial charge < -0.3 is 20.8 Å². The lowest BCUT2D eigenvalue weighted by atomic mass is 10.2. The molecule has 0 spiro atoms. The number of aromatic nitrogens is 1. The first-order valence-electron chi connectivity index (χ1n) is 4.88. The lowest BCUT2D eigenvalue weighted by molar-refractivity contribution is 0.280. The Morgan fingerprint density at radius 1 is 1.33 bits per heavy atom. The Kier molecular flexibility index (Phi) is 4.33. The highest BCUT2D eigenvalue weighted by Crippen LogP contribution is 2.18. The quantitative estimate of drug-likeness (QED) is 0.626. The molecule has 0 aliphatic carbocycles. The van der Waals surface area contributed by atoms with Gasteiger partial charge in [0.25, 0.3) is 0 Å². The summed E-state index contributed by atoms with van der Waals surface area (Å²) in [6.07, 6.45) is 1.57. The molecular formula is C10H17N3O2. The summed E-state index contributed by atoms with van der Waals surface area (Å²) in [5, 5.41) is 17.8. The summed E-state index contributed by atoms with van der Waals surface area (Å²) < 4.78 is 0. The molecule has 5 heteroatoms. The number of hydrogen-bond donors (Lipinski definition) is 3. The van der Waals surface area contributed by atoms with Gasteiger partial charge in [0.15, 0.2) is 0 Å². The summed E-state index contributed by atoms with van der Waals surface area (Å²) in [6, 6.07) is 1.82. The van der Waals surface area contributed by atoms with Gasteiger partial charge in [-0.15, -0.1) is 0 Å². The van der Waals surface area contributed by atoms with Gasteiger partial charge in [-0.05, 0) is 18.6 Å². The Balaban J connectivity index is 2.89. The van der Waals surface area contributed by atoms with Gasteiger partial charge in [-0.2, -0.15) is 0 Å². The number of pyridine rings is 1. The number of aliphatic hydroxyl groups excluding tert-OH is 2. The van der Waals surface area contributed by atoms with Gasteiger partial charge in [-0.25, -0.2) is 4.98 Å². The molecule has 0 saturated heterocycles. The van der Waals surface area contributed by atoms with E-state index >= 15 is 0 Å². The molecular weight excluding hydrogens is 194 g/mol.